The van der Waals surface area contributed by atoms with Gasteiger partial charge in [0, 0.05) is 10.5 Å². The molecule has 0 spiro atoms. The maximum absolute atomic E-state index is 9.03. The first-order chi connectivity index (χ1) is 7.71. The lowest BCUT2D eigenvalue weighted by Crippen LogP contribution is -2.38. The van der Waals surface area contributed by atoms with Gasteiger partial charge in [0.1, 0.15) is 0 Å². The molecule has 1 unspecified atom stereocenters. The first-order valence-electron chi connectivity index (χ1n) is 5.44. The number of rotatable bonds is 6. The van der Waals surface area contributed by atoms with Crippen molar-refractivity contribution in [2.24, 2.45) is 0 Å². The Morgan fingerprint density at radius 2 is 1.75 bits per heavy atom. The molecule has 1 aromatic carbocycles. The number of halogens is 1. The minimum atomic E-state index is -0.256. The SMILES string of the molecule is CCC(NC(CO)CO)c1ccc(Br)cc1. The lowest BCUT2D eigenvalue weighted by molar-refractivity contribution is 0.161. The van der Waals surface area contributed by atoms with Crippen molar-refractivity contribution in [1.29, 1.82) is 0 Å². The Labute approximate surface area is 105 Å². The third-order valence-corrected chi connectivity index (χ3v) is 3.09. The van der Waals surface area contributed by atoms with Crippen molar-refractivity contribution in [3.63, 3.8) is 0 Å². The number of nitrogens with one attached hydrogen (secondary N) is 1. The Hall–Kier alpha value is -0.420. The summed E-state index contributed by atoms with van der Waals surface area (Å²) >= 11 is 3.39. The lowest BCUT2D eigenvalue weighted by Gasteiger charge is -2.22. The van der Waals surface area contributed by atoms with Gasteiger partial charge >= 0.3 is 0 Å². The molecule has 0 heterocycles. The van der Waals surface area contributed by atoms with Crippen LogP contribution in [0.15, 0.2) is 28.7 Å². The molecular weight excluding hydrogens is 270 g/mol. The smallest absolute Gasteiger partial charge is 0.0607 e. The number of aliphatic hydroxyl groups is 2. The van der Waals surface area contributed by atoms with Crippen LogP contribution in [0.3, 0.4) is 0 Å². The summed E-state index contributed by atoms with van der Waals surface area (Å²) in [6.45, 7) is 1.97. The predicted molar refractivity (Wildman–Crippen MR) is 68.3 cm³/mol. The molecule has 90 valence electrons. The van der Waals surface area contributed by atoms with Crippen LogP contribution in [0.5, 0.6) is 0 Å². The Morgan fingerprint density at radius 1 is 1.19 bits per heavy atom. The minimum absolute atomic E-state index is 0.0521. The fourth-order valence-corrected chi connectivity index (χ4v) is 1.86. The Morgan fingerprint density at radius 3 is 2.19 bits per heavy atom. The summed E-state index contributed by atoms with van der Waals surface area (Å²) in [5, 5.41) is 21.3. The highest BCUT2D eigenvalue weighted by molar-refractivity contribution is 9.10. The van der Waals surface area contributed by atoms with Crippen molar-refractivity contribution in [2.45, 2.75) is 25.4 Å². The van der Waals surface area contributed by atoms with Crippen LogP contribution in [0, 0.1) is 0 Å². The highest BCUT2D eigenvalue weighted by Gasteiger charge is 2.13. The molecule has 0 bridgehead atoms. The van der Waals surface area contributed by atoms with Crippen LogP contribution in [-0.4, -0.2) is 29.5 Å². The van der Waals surface area contributed by atoms with E-state index in [4.69, 9.17) is 10.2 Å². The summed E-state index contributed by atoms with van der Waals surface area (Å²) < 4.78 is 1.05. The molecule has 3 N–H and O–H groups in total. The van der Waals surface area contributed by atoms with E-state index in [2.05, 4.69) is 28.2 Å². The quantitative estimate of drug-likeness (QED) is 0.748. The van der Waals surface area contributed by atoms with E-state index in [0.29, 0.717) is 0 Å². The second kappa shape index (κ2) is 7.01. The zero-order valence-corrected chi connectivity index (χ0v) is 10.9. The van der Waals surface area contributed by atoms with Crippen LogP contribution in [0.4, 0.5) is 0 Å². The van der Waals surface area contributed by atoms with Gasteiger partial charge in [0.15, 0.2) is 0 Å². The Balaban J connectivity index is 2.70. The van der Waals surface area contributed by atoms with Gasteiger partial charge in [-0.25, -0.2) is 0 Å². The lowest BCUT2D eigenvalue weighted by atomic mass is 10.0. The van der Waals surface area contributed by atoms with Crippen molar-refractivity contribution in [2.75, 3.05) is 13.2 Å². The summed E-state index contributed by atoms with van der Waals surface area (Å²) in [6.07, 6.45) is 0.915. The van der Waals surface area contributed by atoms with Crippen molar-refractivity contribution in [1.82, 2.24) is 5.32 Å². The first-order valence-corrected chi connectivity index (χ1v) is 6.23. The molecule has 0 aliphatic carbocycles. The van der Waals surface area contributed by atoms with Crippen molar-refractivity contribution in [3.8, 4) is 0 Å². The molecule has 1 rings (SSSR count). The van der Waals surface area contributed by atoms with E-state index in [0.717, 1.165) is 16.5 Å². The topological polar surface area (TPSA) is 52.5 Å². The molecule has 4 heteroatoms. The average Bonchev–Trinajstić information content (AvgIpc) is 2.32. The van der Waals surface area contributed by atoms with E-state index in [1.165, 1.54) is 0 Å². The van der Waals surface area contributed by atoms with Gasteiger partial charge in [-0.15, -0.1) is 0 Å². The second-order valence-electron chi connectivity index (χ2n) is 3.74. The summed E-state index contributed by atoms with van der Waals surface area (Å²) in [7, 11) is 0. The molecule has 0 radical (unpaired) electrons. The number of hydrogen-bond donors (Lipinski definition) is 3. The Kier molecular flexibility index (Phi) is 5.98. The van der Waals surface area contributed by atoms with Crippen LogP contribution >= 0.6 is 15.9 Å². The summed E-state index contributed by atoms with van der Waals surface area (Å²) in [5.41, 5.74) is 1.16. The fraction of sp³-hybridized carbons (Fsp3) is 0.500. The van der Waals surface area contributed by atoms with Gasteiger partial charge in [0.05, 0.1) is 19.3 Å². The molecule has 0 amide bonds. The van der Waals surface area contributed by atoms with Gasteiger partial charge in [0.2, 0.25) is 0 Å². The molecule has 0 aliphatic heterocycles. The highest BCUT2D eigenvalue weighted by atomic mass is 79.9. The molecule has 0 saturated carbocycles. The molecule has 16 heavy (non-hydrogen) atoms. The number of benzene rings is 1. The maximum atomic E-state index is 9.03. The van der Waals surface area contributed by atoms with Gasteiger partial charge in [-0.05, 0) is 24.1 Å². The summed E-state index contributed by atoms with van der Waals surface area (Å²) in [4.78, 5) is 0. The predicted octanol–water partition coefficient (Wildman–Crippen LogP) is 1.84. The van der Waals surface area contributed by atoms with Crippen LogP contribution in [-0.2, 0) is 0 Å². The standard InChI is InChI=1S/C12H18BrNO2/c1-2-12(14-11(7-15)8-16)9-3-5-10(13)6-4-9/h3-6,11-12,14-16H,2,7-8H2,1H3. The van der Waals surface area contributed by atoms with Crippen LogP contribution in [0.25, 0.3) is 0 Å². The monoisotopic (exact) mass is 287 g/mol. The van der Waals surface area contributed by atoms with Crippen molar-refractivity contribution >= 4 is 15.9 Å². The molecule has 0 saturated heterocycles. The average molecular weight is 288 g/mol. The zero-order valence-electron chi connectivity index (χ0n) is 9.36. The van der Waals surface area contributed by atoms with Crippen LogP contribution in [0.2, 0.25) is 0 Å². The largest absolute Gasteiger partial charge is 0.395 e. The van der Waals surface area contributed by atoms with E-state index < -0.39 is 0 Å². The molecular formula is C12H18BrNO2. The van der Waals surface area contributed by atoms with Gasteiger partial charge in [-0.1, -0.05) is 35.0 Å². The first kappa shape index (κ1) is 13.6. The van der Waals surface area contributed by atoms with E-state index in [-0.39, 0.29) is 25.3 Å². The van der Waals surface area contributed by atoms with Gasteiger partial charge in [-0.3, -0.25) is 0 Å². The van der Waals surface area contributed by atoms with E-state index in [9.17, 15) is 0 Å². The minimum Gasteiger partial charge on any atom is -0.395 e. The summed E-state index contributed by atoms with van der Waals surface area (Å²) in [6, 6.07) is 7.97. The molecule has 1 aromatic rings. The molecule has 0 aromatic heterocycles. The van der Waals surface area contributed by atoms with Gasteiger partial charge in [0.25, 0.3) is 0 Å². The molecule has 0 fully saturated rings. The molecule has 3 nitrogen and oxygen atoms in total. The third-order valence-electron chi connectivity index (χ3n) is 2.56. The third kappa shape index (κ3) is 3.87. The molecule has 0 aliphatic rings. The Bertz CT molecular complexity index is 298. The van der Waals surface area contributed by atoms with E-state index in [1.807, 2.05) is 24.3 Å². The summed E-state index contributed by atoms with van der Waals surface area (Å²) in [5.74, 6) is 0. The second-order valence-corrected chi connectivity index (χ2v) is 4.66. The number of hydrogen-bond acceptors (Lipinski definition) is 3. The van der Waals surface area contributed by atoms with Crippen LogP contribution in [0.1, 0.15) is 24.9 Å². The van der Waals surface area contributed by atoms with Gasteiger partial charge < -0.3 is 15.5 Å². The highest BCUT2D eigenvalue weighted by Crippen LogP contribution is 2.19. The zero-order chi connectivity index (χ0) is 12.0. The number of aliphatic hydroxyl groups excluding tert-OH is 2. The van der Waals surface area contributed by atoms with E-state index >= 15 is 0 Å². The van der Waals surface area contributed by atoms with Crippen molar-refractivity contribution in [3.05, 3.63) is 34.3 Å². The van der Waals surface area contributed by atoms with Crippen LogP contribution < -0.4 is 5.32 Å². The van der Waals surface area contributed by atoms with Gasteiger partial charge in [-0.2, -0.15) is 0 Å². The molecule has 1 atom stereocenters. The normalized spacial score (nSPS) is 13.1. The fourth-order valence-electron chi connectivity index (χ4n) is 1.59. The maximum Gasteiger partial charge on any atom is 0.0607 e. The van der Waals surface area contributed by atoms with E-state index in [1.54, 1.807) is 0 Å². The van der Waals surface area contributed by atoms with Crippen molar-refractivity contribution < 1.29 is 10.2 Å².